The number of alkyl halides is 6. The lowest BCUT2D eigenvalue weighted by Crippen LogP contribution is -2.52. The fraction of sp³-hybridized carbons (Fsp3) is 0.500. The lowest BCUT2D eigenvalue weighted by Gasteiger charge is -2.34. The zero-order chi connectivity index (χ0) is 20.2. The van der Waals surface area contributed by atoms with E-state index in [-0.39, 0.29) is 44.9 Å². The molecule has 150 valence electrons. The molecule has 0 spiro atoms. The first kappa shape index (κ1) is 21.0. The molecule has 1 aliphatic rings. The van der Waals surface area contributed by atoms with Crippen LogP contribution in [0.3, 0.4) is 0 Å². The smallest absolute Gasteiger partial charge is 0.461 e. The number of carbonyl (C=O) groups excluding carboxylic acids is 2. The lowest BCUT2D eigenvalue weighted by atomic mass is 10.1. The predicted molar refractivity (Wildman–Crippen MR) is 80.8 cm³/mol. The zero-order valence-corrected chi connectivity index (χ0v) is 13.9. The van der Waals surface area contributed by atoms with Crippen LogP contribution in [0.15, 0.2) is 24.3 Å². The van der Waals surface area contributed by atoms with E-state index in [9.17, 15) is 35.9 Å². The van der Waals surface area contributed by atoms with Gasteiger partial charge in [0.25, 0.3) is 0 Å². The maximum absolute atomic E-state index is 12.5. The third-order valence-electron chi connectivity index (χ3n) is 3.99. The summed E-state index contributed by atoms with van der Waals surface area (Å²) in [4.78, 5) is 25.3. The van der Waals surface area contributed by atoms with Crippen molar-refractivity contribution in [1.29, 1.82) is 0 Å². The molecule has 0 N–H and O–H groups in total. The second-order valence-electron chi connectivity index (χ2n) is 5.84. The maximum atomic E-state index is 12.5. The average Bonchev–Trinajstić information content (AvgIpc) is 2.60. The molecule has 0 atom stereocenters. The van der Waals surface area contributed by atoms with Crippen LogP contribution in [0.4, 0.5) is 26.3 Å². The van der Waals surface area contributed by atoms with Crippen LogP contribution in [0.1, 0.15) is 15.9 Å². The minimum Gasteiger partial charge on any atom is -0.461 e. The molecule has 1 amide bonds. The van der Waals surface area contributed by atoms with Crippen molar-refractivity contribution in [1.82, 2.24) is 9.80 Å². The average molecular weight is 398 g/mol. The second-order valence-corrected chi connectivity index (χ2v) is 5.84. The van der Waals surface area contributed by atoms with Crippen LogP contribution in [0, 0.1) is 0 Å². The van der Waals surface area contributed by atoms with Crippen LogP contribution in [0.2, 0.25) is 0 Å². The summed E-state index contributed by atoms with van der Waals surface area (Å²) in [6, 6.07) is 3.56. The van der Waals surface area contributed by atoms with Crippen LogP contribution in [0.25, 0.3) is 0 Å². The molecule has 0 unspecified atom stereocenters. The predicted octanol–water partition coefficient (Wildman–Crippen LogP) is 2.57. The van der Waals surface area contributed by atoms with E-state index in [0.29, 0.717) is 4.90 Å². The molecule has 0 aliphatic carbocycles. The Kier molecular flexibility index (Phi) is 6.34. The Morgan fingerprint density at radius 1 is 0.926 bits per heavy atom. The van der Waals surface area contributed by atoms with Crippen LogP contribution >= 0.6 is 0 Å². The Balaban J connectivity index is 1.74. The standard InChI is InChI=1S/C16H16F6N2O3/c17-15(18,19)12-3-1-11(2-4-12)13(25)27-10-9-23-5-7-24(8-6-23)14(26)16(20,21)22/h1-4H,5-10H2. The van der Waals surface area contributed by atoms with E-state index in [1.165, 1.54) is 0 Å². The topological polar surface area (TPSA) is 49.9 Å². The molecule has 1 aliphatic heterocycles. The number of hydrogen-bond donors (Lipinski definition) is 0. The molecule has 0 saturated carbocycles. The Morgan fingerprint density at radius 2 is 1.48 bits per heavy atom. The van der Waals surface area contributed by atoms with Gasteiger partial charge >= 0.3 is 24.2 Å². The molecule has 11 heteroatoms. The van der Waals surface area contributed by atoms with Crippen molar-refractivity contribution >= 4 is 11.9 Å². The molecule has 1 aromatic carbocycles. The summed E-state index contributed by atoms with van der Waals surface area (Å²) in [6.07, 6.45) is -9.41. The summed E-state index contributed by atoms with van der Waals surface area (Å²) in [5.41, 5.74) is -0.922. The Morgan fingerprint density at radius 3 is 1.96 bits per heavy atom. The molecule has 0 bridgehead atoms. The lowest BCUT2D eigenvalue weighted by molar-refractivity contribution is -0.187. The minimum atomic E-state index is -4.90. The first-order valence-electron chi connectivity index (χ1n) is 7.91. The number of amides is 1. The number of nitrogens with zero attached hydrogens (tertiary/aromatic N) is 2. The molecule has 27 heavy (non-hydrogen) atoms. The van der Waals surface area contributed by atoms with Gasteiger partial charge in [0.2, 0.25) is 0 Å². The summed E-state index contributed by atoms with van der Waals surface area (Å²) in [5, 5.41) is 0. The highest BCUT2D eigenvalue weighted by Crippen LogP contribution is 2.29. The number of rotatable bonds is 4. The van der Waals surface area contributed by atoms with Crippen LogP contribution in [0.5, 0.6) is 0 Å². The second kappa shape index (κ2) is 8.15. The number of benzene rings is 1. The molecule has 1 saturated heterocycles. The molecule has 1 aromatic rings. The van der Waals surface area contributed by atoms with Gasteiger partial charge in [0, 0.05) is 32.7 Å². The van der Waals surface area contributed by atoms with Crippen molar-refractivity contribution in [3.63, 3.8) is 0 Å². The summed E-state index contributed by atoms with van der Waals surface area (Å²) in [6.45, 7) is 0.364. The van der Waals surface area contributed by atoms with E-state index in [4.69, 9.17) is 4.74 Å². The first-order valence-corrected chi connectivity index (χ1v) is 7.91. The molecule has 1 heterocycles. The van der Waals surface area contributed by atoms with Crippen molar-refractivity contribution in [3.05, 3.63) is 35.4 Å². The van der Waals surface area contributed by atoms with E-state index >= 15 is 0 Å². The largest absolute Gasteiger partial charge is 0.471 e. The normalized spacial score (nSPS) is 16.3. The number of esters is 1. The highest BCUT2D eigenvalue weighted by Gasteiger charge is 2.43. The van der Waals surface area contributed by atoms with Gasteiger partial charge < -0.3 is 9.64 Å². The van der Waals surface area contributed by atoms with Gasteiger partial charge in [0.05, 0.1) is 11.1 Å². The summed E-state index contributed by atoms with van der Waals surface area (Å²) in [5.74, 6) is -2.68. The van der Waals surface area contributed by atoms with Gasteiger partial charge in [0.1, 0.15) is 6.61 Å². The molecule has 0 radical (unpaired) electrons. The number of ether oxygens (including phenoxy) is 1. The third-order valence-corrected chi connectivity index (χ3v) is 3.99. The molecular formula is C16H16F6N2O3. The fourth-order valence-corrected chi connectivity index (χ4v) is 2.50. The monoisotopic (exact) mass is 398 g/mol. The van der Waals surface area contributed by atoms with E-state index in [1.807, 2.05) is 0 Å². The van der Waals surface area contributed by atoms with Crippen molar-refractivity contribution in [2.45, 2.75) is 12.4 Å². The summed E-state index contributed by atoms with van der Waals surface area (Å²) < 4.78 is 79.4. The Hall–Kier alpha value is -2.30. The quantitative estimate of drug-likeness (QED) is 0.578. The Labute approximate surface area is 150 Å². The van der Waals surface area contributed by atoms with Gasteiger partial charge in [-0.2, -0.15) is 26.3 Å². The zero-order valence-electron chi connectivity index (χ0n) is 13.9. The van der Waals surface area contributed by atoms with Crippen LogP contribution in [-0.2, 0) is 15.7 Å². The first-order chi connectivity index (χ1) is 12.5. The fourth-order valence-electron chi connectivity index (χ4n) is 2.50. The van der Waals surface area contributed by atoms with E-state index in [0.717, 1.165) is 24.3 Å². The number of piperazine rings is 1. The van der Waals surface area contributed by atoms with E-state index in [1.54, 1.807) is 4.90 Å². The van der Waals surface area contributed by atoms with Gasteiger partial charge in [-0.3, -0.25) is 9.69 Å². The van der Waals surface area contributed by atoms with Gasteiger partial charge in [0.15, 0.2) is 0 Å². The number of halogens is 6. The highest BCUT2D eigenvalue weighted by atomic mass is 19.4. The van der Waals surface area contributed by atoms with Gasteiger partial charge in [-0.1, -0.05) is 0 Å². The molecule has 5 nitrogen and oxygen atoms in total. The van der Waals surface area contributed by atoms with Crippen molar-refractivity contribution < 1.29 is 40.7 Å². The van der Waals surface area contributed by atoms with Crippen molar-refractivity contribution in [2.75, 3.05) is 39.3 Å². The van der Waals surface area contributed by atoms with Gasteiger partial charge in [-0.05, 0) is 24.3 Å². The minimum absolute atomic E-state index is 0.0383. The molecule has 2 rings (SSSR count). The number of hydrogen-bond acceptors (Lipinski definition) is 4. The van der Waals surface area contributed by atoms with Crippen LogP contribution < -0.4 is 0 Å². The van der Waals surface area contributed by atoms with Crippen LogP contribution in [-0.4, -0.2) is 67.2 Å². The maximum Gasteiger partial charge on any atom is 0.471 e. The summed E-state index contributed by atoms with van der Waals surface area (Å²) >= 11 is 0. The van der Waals surface area contributed by atoms with E-state index in [2.05, 4.69) is 0 Å². The molecule has 1 fully saturated rings. The van der Waals surface area contributed by atoms with Gasteiger partial charge in [-0.15, -0.1) is 0 Å². The molecular weight excluding hydrogens is 382 g/mol. The van der Waals surface area contributed by atoms with Gasteiger partial charge in [-0.25, -0.2) is 4.79 Å². The number of carbonyl (C=O) groups is 2. The third kappa shape index (κ3) is 5.84. The van der Waals surface area contributed by atoms with Crippen molar-refractivity contribution in [3.8, 4) is 0 Å². The Bertz CT molecular complexity index is 664. The van der Waals surface area contributed by atoms with Crippen molar-refractivity contribution in [2.24, 2.45) is 0 Å². The van der Waals surface area contributed by atoms with E-state index < -0.39 is 29.8 Å². The summed E-state index contributed by atoms with van der Waals surface area (Å²) in [7, 11) is 0. The molecule has 0 aromatic heterocycles. The highest BCUT2D eigenvalue weighted by molar-refractivity contribution is 5.89. The SMILES string of the molecule is O=C(OCCN1CCN(C(=O)C(F)(F)F)CC1)c1ccc(C(F)(F)F)cc1.